The average Bonchev–Trinajstić information content (AvgIpc) is 3.44. The number of H-pyrrole nitrogens is 1. The fraction of sp³-hybridized carbons (Fsp3) is 0.130. The molecule has 30 heavy (non-hydrogen) atoms. The highest BCUT2D eigenvalue weighted by molar-refractivity contribution is 8.01. The van der Waals surface area contributed by atoms with Crippen LogP contribution < -0.4 is 10.6 Å². The number of carbonyl (C=O) groups is 2. The van der Waals surface area contributed by atoms with Gasteiger partial charge in [0.15, 0.2) is 4.75 Å². The molecule has 0 aliphatic carbocycles. The lowest BCUT2D eigenvalue weighted by molar-refractivity contribution is -0.117. The van der Waals surface area contributed by atoms with Crippen LogP contribution >= 0.6 is 11.8 Å². The molecule has 6 nitrogen and oxygen atoms in total. The number of para-hydroxylation sites is 1. The number of aryl methyl sites for hydroxylation is 1. The molecule has 1 unspecified atom stereocenters. The third-order valence-corrected chi connectivity index (χ3v) is 7.07. The number of carbonyl (C=O) groups excluding carboxylic acids is 2. The van der Waals surface area contributed by atoms with Crippen molar-refractivity contribution >= 4 is 40.2 Å². The van der Waals surface area contributed by atoms with E-state index in [1.807, 2.05) is 55.6 Å². The van der Waals surface area contributed by atoms with E-state index in [9.17, 15) is 9.59 Å². The Morgan fingerprint density at radius 1 is 1.13 bits per heavy atom. The lowest BCUT2D eigenvalue weighted by atomic mass is 9.90. The highest BCUT2D eigenvalue weighted by Gasteiger charge is 2.51. The number of nitrogens with one attached hydrogen (secondary N) is 3. The summed E-state index contributed by atoms with van der Waals surface area (Å²) in [5.41, 5.74) is 3.87. The Hall–Kier alpha value is -3.45. The Morgan fingerprint density at radius 2 is 1.97 bits per heavy atom. The summed E-state index contributed by atoms with van der Waals surface area (Å²) in [5.74, 6) is 0.454. The van der Waals surface area contributed by atoms with Crippen LogP contribution in [0.25, 0.3) is 10.9 Å². The molecule has 4 aromatic rings. The van der Waals surface area contributed by atoms with Crippen LogP contribution in [0.5, 0.6) is 0 Å². The third kappa shape index (κ3) is 2.59. The van der Waals surface area contributed by atoms with Crippen LogP contribution in [0.15, 0.2) is 70.3 Å². The molecule has 150 valence electrons. The number of rotatable bonds is 4. The van der Waals surface area contributed by atoms with Gasteiger partial charge in [0.2, 0.25) is 5.91 Å². The molecule has 0 bridgehead atoms. The number of fused-ring (bicyclic) bond motifs is 2. The van der Waals surface area contributed by atoms with E-state index in [2.05, 4.69) is 15.6 Å². The lowest BCUT2D eigenvalue weighted by Gasteiger charge is -2.26. The van der Waals surface area contributed by atoms with Crippen molar-refractivity contribution in [1.29, 1.82) is 0 Å². The maximum atomic E-state index is 13.6. The minimum Gasteiger partial charge on any atom is -0.468 e. The summed E-state index contributed by atoms with van der Waals surface area (Å²) >= 11 is 1.45. The molecule has 0 saturated heterocycles. The SMILES string of the molecule is CNC(=O)c1ccc2[nH]cc(C3(Sc4ccoc4C)C(=O)Nc4ccccc43)c2c1. The number of amides is 2. The quantitative estimate of drug-likeness (QED) is 0.459. The second-order valence-electron chi connectivity index (χ2n) is 7.17. The molecule has 1 aliphatic heterocycles. The summed E-state index contributed by atoms with van der Waals surface area (Å²) in [4.78, 5) is 29.9. The van der Waals surface area contributed by atoms with Gasteiger partial charge in [0.1, 0.15) is 5.76 Å². The minimum absolute atomic E-state index is 0.124. The van der Waals surface area contributed by atoms with E-state index in [0.717, 1.165) is 38.4 Å². The second-order valence-corrected chi connectivity index (χ2v) is 8.42. The summed E-state index contributed by atoms with van der Waals surface area (Å²) in [7, 11) is 1.60. The van der Waals surface area contributed by atoms with Crippen molar-refractivity contribution in [1.82, 2.24) is 10.3 Å². The predicted octanol–water partition coefficient (Wildman–Crippen LogP) is 4.42. The number of benzene rings is 2. The van der Waals surface area contributed by atoms with Gasteiger partial charge >= 0.3 is 0 Å². The molecule has 3 heterocycles. The number of thioether (sulfide) groups is 1. The van der Waals surface area contributed by atoms with Gasteiger partial charge < -0.3 is 20.0 Å². The summed E-state index contributed by atoms with van der Waals surface area (Å²) < 4.78 is 4.48. The topological polar surface area (TPSA) is 87.1 Å². The first-order valence-corrected chi connectivity index (χ1v) is 10.3. The van der Waals surface area contributed by atoms with Crippen LogP contribution in [-0.4, -0.2) is 23.8 Å². The van der Waals surface area contributed by atoms with Crippen molar-refractivity contribution in [2.24, 2.45) is 0 Å². The Kier molecular flexibility index (Phi) is 4.22. The molecule has 3 N–H and O–H groups in total. The van der Waals surface area contributed by atoms with Gasteiger partial charge in [-0.05, 0) is 37.3 Å². The Morgan fingerprint density at radius 3 is 2.73 bits per heavy atom. The van der Waals surface area contributed by atoms with E-state index in [1.165, 1.54) is 11.8 Å². The summed E-state index contributed by atoms with van der Waals surface area (Å²) in [6.45, 7) is 1.88. The predicted molar refractivity (Wildman–Crippen MR) is 117 cm³/mol. The number of hydrogen-bond acceptors (Lipinski definition) is 4. The van der Waals surface area contributed by atoms with Gasteiger partial charge in [-0.15, -0.1) is 0 Å². The van der Waals surface area contributed by atoms with Crippen LogP contribution in [0.1, 0.15) is 27.2 Å². The van der Waals surface area contributed by atoms with E-state index in [-0.39, 0.29) is 11.8 Å². The van der Waals surface area contributed by atoms with Gasteiger partial charge in [0.05, 0.1) is 11.2 Å². The molecule has 0 radical (unpaired) electrons. The summed E-state index contributed by atoms with van der Waals surface area (Å²) in [5, 5.41) is 6.53. The highest BCUT2D eigenvalue weighted by atomic mass is 32.2. The molecule has 1 aliphatic rings. The smallest absolute Gasteiger partial charge is 0.251 e. The van der Waals surface area contributed by atoms with Crippen LogP contribution in [0.4, 0.5) is 5.69 Å². The maximum Gasteiger partial charge on any atom is 0.251 e. The largest absolute Gasteiger partial charge is 0.468 e. The number of hydrogen-bond donors (Lipinski definition) is 3. The maximum absolute atomic E-state index is 13.6. The average molecular weight is 417 g/mol. The fourth-order valence-corrected chi connectivity index (χ4v) is 5.35. The number of aromatic amines is 1. The molecule has 2 amide bonds. The number of furan rings is 1. The Balaban J connectivity index is 1.79. The molecular formula is C23H19N3O3S. The summed E-state index contributed by atoms with van der Waals surface area (Å²) in [6.07, 6.45) is 3.49. The van der Waals surface area contributed by atoms with E-state index in [4.69, 9.17) is 4.42 Å². The van der Waals surface area contributed by atoms with Crippen molar-refractivity contribution in [2.45, 2.75) is 16.6 Å². The lowest BCUT2D eigenvalue weighted by Crippen LogP contribution is -2.32. The molecule has 5 rings (SSSR count). The molecule has 7 heteroatoms. The van der Waals surface area contributed by atoms with Crippen LogP contribution in [0.3, 0.4) is 0 Å². The standard InChI is InChI=1S/C23H19N3O3S/c1-13-20(9-10-29-13)30-23(16-5-3-4-6-19(16)26-22(23)28)17-12-25-18-8-7-14(11-15(17)18)21(27)24-2/h3-12,25H,1-2H3,(H,24,27)(H,26,28). The van der Waals surface area contributed by atoms with Crippen LogP contribution in [0.2, 0.25) is 0 Å². The van der Waals surface area contributed by atoms with Gasteiger partial charge in [0, 0.05) is 46.5 Å². The fourth-order valence-electron chi connectivity index (χ4n) is 4.00. The monoisotopic (exact) mass is 417 g/mol. The van der Waals surface area contributed by atoms with Crippen molar-refractivity contribution in [3.05, 3.63) is 83.4 Å². The second kappa shape index (κ2) is 6.81. The van der Waals surface area contributed by atoms with Crippen molar-refractivity contribution < 1.29 is 14.0 Å². The van der Waals surface area contributed by atoms with Crippen molar-refractivity contribution in [3.8, 4) is 0 Å². The summed E-state index contributed by atoms with van der Waals surface area (Å²) in [6, 6.07) is 15.1. The van der Waals surface area contributed by atoms with Gasteiger partial charge in [0.25, 0.3) is 5.91 Å². The zero-order chi connectivity index (χ0) is 20.9. The normalized spacial score (nSPS) is 17.7. The first kappa shape index (κ1) is 18.6. The third-order valence-electron chi connectivity index (χ3n) is 5.50. The first-order chi connectivity index (χ1) is 14.5. The van der Waals surface area contributed by atoms with Gasteiger partial charge in [-0.1, -0.05) is 30.0 Å². The molecule has 0 saturated carbocycles. The zero-order valence-corrected chi connectivity index (χ0v) is 17.2. The molecule has 2 aromatic carbocycles. The number of aromatic nitrogens is 1. The van der Waals surface area contributed by atoms with E-state index in [0.29, 0.717) is 5.56 Å². The molecule has 2 aromatic heterocycles. The van der Waals surface area contributed by atoms with Gasteiger partial charge in [-0.25, -0.2) is 0 Å². The molecular weight excluding hydrogens is 398 g/mol. The Labute approximate surface area is 177 Å². The molecule has 1 atom stereocenters. The Bertz CT molecular complexity index is 1310. The highest BCUT2D eigenvalue weighted by Crippen LogP contribution is 2.55. The van der Waals surface area contributed by atoms with Gasteiger partial charge in [-0.2, -0.15) is 0 Å². The minimum atomic E-state index is -1.02. The van der Waals surface area contributed by atoms with E-state index >= 15 is 0 Å². The zero-order valence-electron chi connectivity index (χ0n) is 16.4. The first-order valence-electron chi connectivity index (χ1n) is 9.52. The van der Waals surface area contributed by atoms with E-state index < -0.39 is 4.75 Å². The van der Waals surface area contributed by atoms with Gasteiger partial charge in [-0.3, -0.25) is 9.59 Å². The number of anilines is 1. The van der Waals surface area contributed by atoms with Crippen LogP contribution in [0, 0.1) is 6.92 Å². The molecule has 0 fully saturated rings. The molecule has 0 spiro atoms. The van der Waals surface area contributed by atoms with Crippen molar-refractivity contribution in [3.63, 3.8) is 0 Å². The van der Waals surface area contributed by atoms with Crippen molar-refractivity contribution in [2.75, 3.05) is 12.4 Å². The van der Waals surface area contributed by atoms with E-state index in [1.54, 1.807) is 19.4 Å². The van der Waals surface area contributed by atoms with Crippen LogP contribution in [-0.2, 0) is 9.54 Å².